The molecule has 0 aromatic heterocycles. The van der Waals surface area contributed by atoms with Gasteiger partial charge in [0.25, 0.3) is 0 Å². The van der Waals surface area contributed by atoms with Crippen molar-refractivity contribution in [3.63, 3.8) is 0 Å². The van der Waals surface area contributed by atoms with Crippen molar-refractivity contribution in [2.45, 2.75) is 45.8 Å². The van der Waals surface area contributed by atoms with E-state index >= 15 is 0 Å². The maximum Gasteiger partial charge on any atom is 0.152 e. The first kappa shape index (κ1) is 13.6. The van der Waals surface area contributed by atoms with Gasteiger partial charge in [-0.15, -0.1) is 0 Å². The van der Waals surface area contributed by atoms with Crippen LogP contribution in [-0.2, 0) is 14.6 Å². The van der Waals surface area contributed by atoms with Gasteiger partial charge in [0.1, 0.15) is 5.78 Å². The highest BCUT2D eigenvalue weighted by atomic mass is 32.2. The molecule has 0 N–H and O–H groups in total. The van der Waals surface area contributed by atoms with Crippen molar-refractivity contribution in [2.24, 2.45) is 5.92 Å². The Morgan fingerprint density at radius 1 is 1.14 bits per heavy atom. The van der Waals surface area contributed by atoms with Crippen LogP contribution in [0.3, 0.4) is 0 Å². The molecule has 0 heterocycles. The Labute approximate surface area is 86.8 Å². The number of sulfone groups is 1. The highest BCUT2D eigenvalue weighted by Crippen LogP contribution is 2.07. The summed E-state index contributed by atoms with van der Waals surface area (Å²) in [5.41, 5.74) is 0. The molecule has 0 atom stereocenters. The highest BCUT2D eigenvalue weighted by molar-refractivity contribution is 7.91. The molecule has 0 radical (unpaired) electrons. The third-order valence-electron chi connectivity index (χ3n) is 2.21. The van der Waals surface area contributed by atoms with Crippen LogP contribution < -0.4 is 0 Å². The molecule has 0 aliphatic rings. The smallest absolute Gasteiger partial charge is 0.152 e. The minimum atomic E-state index is -2.97. The van der Waals surface area contributed by atoms with Crippen LogP contribution in [0.5, 0.6) is 0 Å². The second-order valence-electron chi connectivity index (χ2n) is 4.14. The minimum Gasteiger partial charge on any atom is -0.299 e. The Bertz CT molecular complexity index is 276. The van der Waals surface area contributed by atoms with E-state index in [-0.39, 0.29) is 22.7 Å². The normalized spacial score (nSPS) is 12.4. The molecule has 0 aliphatic heterocycles. The van der Waals surface area contributed by atoms with Gasteiger partial charge in [0.15, 0.2) is 9.84 Å². The topological polar surface area (TPSA) is 51.2 Å². The SMILES string of the molecule is CC(C)C(=O)CCCS(=O)(=O)C(C)C. The predicted molar refractivity (Wildman–Crippen MR) is 58.0 cm³/mol. The van der Waals surface area contributed by atoms with Crippen LogP contribution in [0.2, 0.25) is 0 Å². The van der Waals surface area contributed by atoms with Crippen LogP contribution in [0.15, 0.2) is 0 Å². The van der Waals surface area contributed by atoms with Crippen LogP contribution in [0.25, 0.3) is 0 Å². The summed E-state index contributed by atoms with van der Waals surface area (Å²) in [5.74, 6) is 0.282. The summed E-state index contributed by atoms with van der Waals surface area (Å²) in [6.45, 7) is 7.00. The monoisotopic (exact) mass is 220 g/mol. The zero-order valence-corrected chi connectivity index (χ0v) is 10.2. The van der Waals surface area contributed by atoms with Crippen molar-refractivity contribution in [1.82, 2.24) is 0 Å². The quantitative estimate of drug-likeness (QED) is 0.686. The summed E-state index contributed by atoms with van der Waals surface area (Å²) in [5, 5.41) is -0.336. The van der Waals surface area contributed by atoms with E-state index in [1.807, 2.05) is 13.8 Å². The lowest BCUT2D eigenvalue weighted by Crippen LogP contribution is -2.19. The maximum absolute atomic E-state index is 11.4. The lowest BCUT2D eigenvalue weighted by molar-refractivity contribution is -0.121. The zero-order chi connectivity index (χ0) is 11.4. The predicted octanol–water partition coefficient (Wildman–Crippen LogP) is 1.81. The molecule has 0 spiro atoms. The molecule has 14 heavy (non-hydrogen) atoms. The van der Waals surface area contributed by atoms with Gasteiger partial charge < -0.3 is 0 Å². The molecule has 0 rings (SSSR count). The molecule has 0 bridgehead atoms. The largest absolute Gasteiger partial charge is 0.299 e. The first-order chi connectivity index (χ1) is 6.27. The Balaban J connectivity index is 3.93. The number of rotatable bonds is 6. The van der Waals surface area contributed by atoms with E-state index in [1.165, 1.54) is 0 Å². The Morgan fingerprint density at radius 3 is 2.00 bits per heavy atom. The fourth-order valence-electron chi connectivity index (χ4n) is 0.972. The van der Waals surface area contributed by atoms with E-state index in [0.29, 0.717) is 12.8 Å². The molecule has 0 aliphatic carbocycles. The Hall–Kier alpha value is -0.380. The molecular weight excluding hydrogens is 200 g/mol. The summed E-state index contributed by atoms with van der Waals surface area (Å²) in [4.78, 5) is 11.2. The molecule has 0 saturated carbocycles. The molecule has 0 fully saturated rings. The van der Waals surface area contributed by atoms with Crippen molar-refractivity contribution in [3.8, 4) is 0 Å². The van der Waals surface area contributed by atoms with E-state index in [4.69, 9.17) is 0 Å². The van der Waals surface area contributed by atoms with Crippen LogP contribution in [0.4, 0.5) is 0 Å². The van der Waals surface area contributed by atoms with Crippen LogP contribution in [-0.4, -0.2) is 25.2 Å². The third kappa shape index (κ3) is 4.74. The maximum atomic E-state index is 11.4. The van der Waals surface area contributed by atoms with Crippen molar-refractivity contribution in [3.05, 3.63) is 0 Å². The Kier molecular flexibility index (Phi) is 5.34. The van der Waals surface area contributed by atoms with Gasteiger partial charge in [-0.1, -0.05) is 13.8 Å². The summed E-state index contributed by atoms with van der Waals surface area (Å²) >= 11 is 0. The molecule has 0 amide bonds. The van der Waals surface area contributed by atoms with Crippen molar-refractivity contribution < 1.29 is 13.2 Å². The molecule has 3 nitrogen and oxygen atoms in total. The number of hydrogen-bond donors (Lipinski definition) is 0. The number of carbonyl (C=O) groups is 1. The van der Waals surface area contributed by atoms with Gasteiger partial charge in [-0.25, -0.2) is 8.42 Å². The van der Waals surface area contributed by atoms with Crippen LogP contribution in [0.1, 0.15) is 40.5 Å². The molecule has 0 unspecified atom stereocenters. The number of ketones is 1. The van der Waals surface area contributed by atoms with Gasteiger partial charge in [-0.3, -0.25) is 4.79 Å². The van der Waals surface area contributed by atoms with Crippen LogP contribution in [0, 0.1) is 5.92 Å². The van der Waals surface area contributed by atoms with Gasteiger partial charge >= 0.3 is 0 Å². The van der Waals surface area contributed by atoms with Gasteiger partial charge in [-0.2, -0.15) is 0 Å². The molecule has 84 valence electrons. The zero-order valence-electron chi connectivity index (χ0n) is 9.41. The highest BCUT2D eigenvalue weighted by Gasteiger charge is 2.16. The lowest BCUT2D eigenvalue weighted by atomic mass is 10.1. The minimum absolute atomic E-state index is 0.0109. The number of carbonyl (C=O) groups excluding carboxylic acids is 1. The summed E-state index contributed by atoms with van der Waals surface area (Å²) in [7, 11) is -2.97. The van der Waals surface area contributed by atoms with E-state index in [0.717, 1.165) is 0 Å². The van der Waals surface area contributed by atoms with Gasteiger partial charge in [-0.05, 0) is 20.3 Å². The van der Waals surface area contributed by atoms with Crippen molar-refractivity contribution in [2.75, 3.05) is 5.75 Å². The Morgan fingerprint density at radius 2 is 1.64 bits per heavy atom. The van der Waals surface area contributed by atoms with Crippen molar-refractivity contribution in [1.29, 1.82) is 0 Å². The van der Waals surface area contributed by atoms with E-state index in [9.17, 15) is 13.2 Å². The summed E-state index contributed by atoms with van der Waals surface area (Å²) in [6, 6.07) is 0. The fraction of sp³-hybridized carbons (Fsp3) is 0.900. The lowest BCUT2D eigenvalue weighted by Gasteiger charge is -2.07. The number of Topliss-reactive ketones (excluding diaryl/α,β-unsaturated/α-hetero) is 1. The fourth-order valence-corrected chi connectivity index (χ4v) is 1.99. The first-order valence-corrected chi connectivity index (χ1v) is 6.73. The molecule has 0 saturated heterocycles. The molecular formula is C10H20O3S. The number of hydrogen-bond acceptors (Lipinski definition) is 3. The third-order valence-corrected chi connectivity index (χ3v) is 4.51. The van der Waals surface area contributed by atoms with Gasteiger partial charge in [0.05, 0.1) is 11.0 Å². The second kappa shape index (κ2) is 5.49. The van der Waals surface area contributed by atoms with Gasteiger partial charge in [0, 0.05) is 12.3 Å². The molecule has 0 aromatic rings. The summed E-state index contributed by atoms with van der Waals surface area (Å²) in [6.07, 6.45) is 0.834. The first-order valence-electron chi connectivity index (χ1n) is 5.01. The van der Waals surface area contributed by atoms with Gasteiger partial charge in [0.2, 0.25) is 0 Å². The average Bonchev–Trinajstić information content (AvgIpc) is 2.03. The molecule has 4 heteroatoms. The van der Waals surface area contributed by atoms with E-state index < -0.39 is 9.84 Å². The van der Waals surface area contributed by atoms with Crippen LogP contribution >= 0.6 is 0 Å². The van der Waals surface area contributed by atoms with Crippen molar-refractivity contribution >= 4 is 15.6 Å². The average molecular weight is 220 g/mol. The standard InChI is InChI=1S/C10H20O3S/c1-8(2)10(11)6-5-7-14(12,13)9(3)4/h8-9H,5-7H2,1-4H3. The second-order valence-corrected chi connectivity index (χ2v) is 6.82. The summed E-state index contributed by atoms with van der Waals surface area (Å²) < 4.78 is 22.7. The van der Waals surface area contributed by atoms with E-state index in [2.05, 4.69) is 0 Å². The van der Waals surface area contributed by atoms with E-state index in [1.54, 1.807) is 13.8 Å². The molecule has 0 aromatic carbocycles.